The lowest BCUT2D eigenvalue weighted by Gasteiger charge is -2.34. The van der Waals surface area contributed by atoms with Gasteiger partial charge >= 0.3 is 6.03 Å². The van der Waals surface area contributed by atoms with Crippen LogP contribution in [0.2, 0.25) is 0 Å². The van der Waals surface area contributed by atoms with Crippen LogP contribution in [0.1, 0.15) is 80.6 Å². The quantitative estimate of drug-likeness (QED) is 0.268. The van der Waals surface area contributed by atoms with Crippen LogP contribution in [-0.4, -0.2) is 107 Å². The summed E-state index contributed by atoms with van der Waals surface area (Å²) in [5.41, 5.74) is 7.04. The van der Waals surface area contributed by atoms with Gasteiger partial charge in [-0.15, -0.1) is 0 Å². The Morgan fingerprint density at radius 2 is 1.43 bits per heavy atom. The highest BCUT2D eigenvalue weighted by molar-refractivity contribution is 6.24. The second-order valence-corrected chi connectivity index (χ2v) is 15.8. The highest BCUT2D eigenvalue weighted by Gasteiger charge is 2.45. The number of ether oxygens (including phenoxy) is 2. The van der Waals surface area contributed by atoms with Crippen molar-refractivity contribution < 1.29 is 33.4 Å². The highest BCUT2D eigenvalue weighted by Crippen LogP contribution is 2.39. The Morgan fingerprint density at radius 3 is 2.02 bits per heavy atom. The predicted molar refractivity (Wildman–Crippen MR) is 206 cm³/mol. The minimum absolute atomic E-state index is 0.108. The van der Waals surface area contributed by atoms with Crippen LogP contribution in [0.3, 0.4) is 0 Å². The van der Waals surface area contributed by atoms with Gasteiger partial charge in [0.2, 0.25) is 0 Å². The zero-order valence-electron chi connectivity index (χ0n) is 32.4. The molecule has 5 heterocycles. The molecule has 56 heavy (non-hydrogen) atoms. The third-order valence-electron chi connectivity index (χ3n) is 12.4. The Hall–Kier alpha value is -5.34. The summed E-state index contributed by atoms with van der Waals surface area (Å²) in [6.07, 6.45) is 4.65. The van der Waals surface area contributed by atoms with Gasteiger partial charge in [0.25, 0.3) is 17.4 Å². The molecule has 5 aliphatic rings. The van der Waals surface area contributed by atoms with Crippen LogP contribution < -0.4 is 20.3 Å². The number of carbonyl (C=O) groups excluding carboxylic acids is 5. The number of hydrogen-bond donors (Lipinski definition) is 1. The summed E-state index contributed by atoms with van der Waals surface area (Å²) in [6.45, 7) is 5.56. The first-order valence-electron chi connectivity index (χ1n) is 19.4. The number of piperidine rings is 1. The number of rotatable bonds is 8. The van der Waals surface area contributed by atoms with Gasteiger partial charge in [0.1, 0.15) is 17.3 Å². The van der Waals surface area contributed by atoms with Crippen molar-refractivity contribution in [3.8, 4) is 22.6 Å². The minimum atomic E-state index is -0.860. The lowest BCUT2D eigenvalue weighted by atomic mass is 9.91. The third kappa shape index (κ3) is 6.68. The number of hydrogen-bond acceptors (Lipinski definition) is 10. The van der Waals surface area contributed by atoms with Crippen LogP contribution in [-0.2, 0) is 49.2 Å². The van der Waals surface area contributed by atoms with Gasteiger partial charge < -0.3 is 24.3 Å². The van der Waals surface area contributed by atoms with Crippen LogP contribution in [0.15, 0.2) is 35.3 Å². The number of methoxy groups -OCH3 is 2. The molecule has 0 bridgehead atoms. The molecule has 1 saturated carbocycles. The summed E-state index contributed by atoms with van der Waals surface area (Å²) in [4.78, 5) is 84.2. The number of aromatic nitrogens is 1. The Labute approximate surface area is 325 Å². The molecular formula is C42H48N6O8. The van der Waals surface area contributed by atoms with Crippen LogP contribution in [0.25, 0.3) is 11.1 Å². The number of pyridine rings is 1. The van der Waals surface area contributed by atoms with Gasteiger partial charge in [-0.3, -0.25) is 38.7 Å². The van der Waals surface area contributed by atoms with E-state index in [2.05, 4.69) is 15.1 Å². The molecule has 1 aliphatic carbocycles. The lowest BCUT2D eigenvalue weighted by molar-refractivity contribution is -0.132. The molecule has 1 N–H and O–H groups in total. The normalized spacial score (nSPS) is 20.3. The number of ketones is 2. The fourth-order valence-corrected chi connectivity index (χ4v) is 9.36. The molecule has 4 amide bonds. The molecule has 3 aromatic rings. The fraction of sp³-hybridized carbons (Fsp3) is 0.476. The fourth-order valence-electron chi connectivity index (χ4n) is 9.36. The maximum Gasteiger partial charge on any atom is 0.317 e. The maximum absolute atomic E-state index is 13.4. The average molecular weight is 765 g/mol. The summed E-state index contributed by atoms with van der Waals surface area (Å²) in [7, 11) is 6.65. The zero-order chi connectivity index (χ0) is 39.4. The first-order chi connectivity index (χ1) is 27.0. The summed E-state index contributed by atoms with van der Waals surface area (Å²) < 4.78 is 13.5. The highest BCUT2D eigenvalue weighted by atomic mass is 16.5. The van der Waals surface area contributed by atoms with E-state index in [1.165, 1.54) is 0 Å². The van der Waals surface area contributed by atoms with Gasteiger partial charge in [-0.25, -0.2) is 4.79 Å². The van der Waals surface area contributed by atoms with Gasteiger partial charge in [-0.05, 0) is 91.2 Å². The summed E-state index contributed by atoms with van der Waals surface area (Å²) in [5.74, 6) is 0.560. The Morgan fingerprint density at radius 1 is 0.786 bits per heavy atom. The van der Waals surface area contributed by atoms with Crippen molar-refractivity contribution in [2.75, 3.05) is 47.4 Å². The largest absolute Gasteiger partial charge is 0.496 e. The molecule has 1 aromatic heterocycles. The maximum atomic E-state index is 13.4. The molecular weight excluding hydrogens is 716 g/mol. The molecule has 0 radical (unpaired) electrons. The van der Waals surface area contributed by atoms with Gasteiger partial charge in [0, 0.05) is 70.6 Å². The van der Waals surface area contributed by atoms with E-state index in [0.717, 1.165) is 70.8 Å². The van der Waals surface area contributed by atoms with Crippen molar-refractivity contribution in [3.63, 3.8) is 0 Å². The second-order valence-electron chi connectivity index (χ2n) is 15.8. The van der Waals surface area contributed by atoms with Crippen molar-refractivity contribution in [1.82, 2.24) is 29.5 Å². The smallest absolute Gasteiger partial charge is 0.317 e. The average Bonchev–Trinajstić information content (AvgIpc) is 3.70. The molecule has 2 fully saturated rings. The van der Waals surface area contributed by atoms with Gasteiger partial charge in [0.15, 0.2) is 5.78 Å². The molecule has 4 aliphatic heterocycles. The molecule has 1 atom stereocenters. The molecule has 8 rings (SSSR count). The van der Waals surface area contributed by atoms with E-state index in [4.69, 9.17) is 9.47 Å². The summed E-state index contributed by atoms with van der Waals surface area (Å²) in [5, 5.41) is 2.66. The van der Waals surface area contributed by atoms with Crippen LogP contribution in [0, 0.1) is 5.92 Å². The van der Waals surface area contributed by atoms with Crippen molar-refractivity contribution >= 4 is 29.4 Å². The number of nitrogens with one attached hydrogen (secondary N) is 1. The predicted octanol–water partition coefficient (Wildman–Crippen LogP) is 3.28. The third-order valence-corrected chi connectivity index (χ3v) is 12.4. The van der Waals surface area contributed by atoms with Crippen molar-refractivity contribution in [2.24, 2.45) is 13.0 Å². The zero-order valence-corrected chi connectivity index (χ0v) is 32.4. The molecule has 1 unspecified atom stereocenters. The number of aryl methyl sites for hydroxylation is 1. The number of Topliss-reactive ketones (excluding diaryl/α,β-unsaturated/α-hetero) is 2. The standard InChI is InChI=1S/C42H48N6O8/c1-43-42(54)47-12-9-29-32(21-44(2)39(51)33(29)23-47)25-15-37(55-3)34(38(16-25)56-4)22-45-10-7-24(8-11-45)18-46-19-26-13-30-31(14-27(26)20-46)41(53)48(40(30)52)35-6-5-28(49)17-36(35)50/h13-16,21,24,35H,5-12,17-20,22-23H2,1-4H3,(H,43,54). The molecule has 14 heteroatoms. The van der Waals surface area contributed by atoms with E-state index >= 15 is 0 Å². The van der Waals surface area contributed by atoms with Gasteiger partial charge in [-0.1, -0.05) is 0 Å². The monoisotopic (exact) mass is 764 g/mol. The van der Waals surface area contributed by atoms with Gasteiger partial charge in [-0.2, -0.15) is 0 Å². The molecule has 2 aromatic carbocycles. The number of likely N-dealkylation sites (tertiary alicyclic amines) is 1. The summed E-state index contributed by atoms with van der Waals surface area (Å²) >= 11 is 0. The van der Waals surface area contributed by atoms with Crippen molar-refractivity contribution in [3.05, 3.63) is 79.8 Å². The number of urea groups is 1. The first-order valence-corrected chi connectivity index (χ1v) is 19.4. The van der Waals surface area contributed by atoms with E-state index in [1.807, 2.05) is 30.5 Å². The van der Waals surface area contributed by atoms with E-state index in [1.54, 1.807) is 37.8 Å². The topological polar surface area (TPSA) is 151 Å². The molecule has 14 nitrogen and oxygen atoms in total. The van der Waals surface area contributed by atoms with Gasteiger partial charge in [0.05, 0.1) is 49.9 Å². The Kier molecular flexibility index (Phi) is 10.0. The van der Waals surface area contributed by atoms with Crippen molar-refractivity contribution in [1.29, 1.82) is 0 Å². The SMILES string of the molecule is CNC(=O)N1CCc2c(-c3cc(OC)c(CN4CCC(CN5Cc6cc7c(cc6C5)C(=O)N(C5CCC(=O)CC5=O)C7=O)CC4)c(OC)c3)cn(C)c(=O)c2C1. The van der Waals surface area contributed by atoms with Crippen LogP contribution in [0.4, 0.5) is 4.79 Å². The minimum Gasteiger partial charge on any atom is -0.496 e. The lowest BCUT2D eigenvalue weighted by Crippen LogP contribution is -2.47. The number of nitrogens with zero attached hydrogens (tertiary/aromatic N) is 5. The number of benzene rings is 2. The number of imide groups is 1. The van der Waals surface area contributed by atoms with Crippen LogP contribution in [0.5, 0.6) is 11.5 Å². The Bertz CT molecular complexity index is 2150. The first kappa shape index (κ1) is 37.6. The molecule has 294 valence electrons. The summed E-state index contributed by atoms with van der Waals surface area (Å²) in [6, 6.07) is 6.66. The van der Waals surface area contributed by atoms with E-state index < -0.39 is 17.9 Å². The van der Waals surface area contributed by atoms with E-state index in [9.17, 15) is 28.8 Å². The Balaban J connectivity index is 0.909. The van der Waals surface area contributed by atoms with Crippen LogP contribution >= 0.6 is 0 Å². The van der Waals surface area contributed by atoms with E-state index in [-0.39, 0.29) is 49.0 Å². The van der Waals surface area contributed by atoms with Crippen molar-refractivity contribution in [2.45, 2.75) is 70.7 Å². The van der Waals surface area contributed by atoms with E-state index in [0.29, 0.717) is 66.7 Å². The number of carbonyl (C=O) groups is 5. The molecule has 0 spiro atoms. The molecule has 1 saturated heterocycles. The number of amides is 4. The number of fused-ring (bicyclic) bond motifs is 3. The second kappa shape index (κ2) is 15.0.